The minimum absolute atomic E-state index is 0.0808. The number of thiophene rings is 1. The highest BCUT2D eigenvalue weighted by atomic mass is 32.1. The molecule has 0 radical (unpaired) electrons. The highest BCUT2D eigenvalue weighted by Crippen LogP contribution is 2.23. The number of nitrogens with two attached hydrogens (primary N) is 1. The van der Waals surface area contributed by atoms with Crippen LogP contribution in [0, 0.1) is 11.3 Å². The lowest BCUT2D eigenvalue weighted by Crippen LogP contribution is -2.40. The van der Waals surface area contributed by atoms with Crippen molar-refractivity contribution in [1.29, 1.82) is 5.41 Å². The third-order valence-electron chi connectivity index (χ3n) is 4.39. The van der Waals surface area contributed by atoms with Crippen LogP contribution in [0.1, 0.15) is 33.5 Å². The summed E-state index contributed by atoms with van der Waals surface area (Å²) in [4.78, 5) is 38.4. The number of amides is 1. The van der Waals surface area contributed by atoms with E-state index >= 15 is 0 Å². The number of ether oxygens (including phenoxy) is 1. The Morgan fingerprint density at radius 3 is 2.45 bits per heavy atom. The average Bonchev–Trinajstić information content (AvgIpc) is 3.19. The van der Waals surface area contributed by atoms with Crippen molar-refractivity contribution in [1.82, 2.24) is 4.90 Å². The van der Waals surface area contributed by atoms with Crippen LogP contribution in [0.5, 0.6) is 5.75 Å². The molecule has 166 valence electrons. The second kappa shape index (κ2) is 11.2. The largest absolute Gasteiger partial charge is 0.480 e. The molecule has 9 nitrogen and oxygen atoms in total. The normalized spacial score (nSPS) is 11.5. The number of aliphatic hydroxyl groups is 1. The van der Waals surface area contributed by atoms with Crippen LogP contribution >= 0.6 is 11.3 Å². The van der Waals surface area contributed by atoms with Gasteiger partial charge in [0.05, 0.1) is 0 Å². The molecular formula is C21H25N3O6S. The zero-order chi connectivity index (χ0) is 23.0. The van der Waals surface area contributed by atoms with Gasteiger partial charge in [-0.2, -0.15) is 0 Å². The van der Waals surface area contributed by atoms with E-state index < -0.39 is 24.4 Å². The maximum absolute atomic E-state index is 12.6. The summed E-state index contributed by atoms with van der Waals surface area (Å²) in [6.45, 7) is 1.31. The molecule has 1 aromatic carbocycles. The maximum Gasteiger partial charge on any atom is 0.353 e. The van der Waals surface area contributed by atoms with Crippen LogP contribution in [-0.4, -0.2) is 58.5 Å². The van der Waals surface area contributed by atoms with Gasteiger partial charge in [-0.3, -0.25) is 15.0 Å². The van der Waals surface area contributed by atoms with Crippen LogP contribution in [-0.2, 0) is 16.0 Å². The minimum Gasteiger partial charge on any atom is -0.480 e. The van der Waals surface area contributed by atoms with Gasteiger partial charge in [0.15, 0.2) is 0 Å². The topological polar surface area (TPSA) is 154 Å². The highest BCUT2D eigenvalue weighted by molar-refractivity contribution is 7.13. The van der Waals surface area contributed by atoms with Gasteiger partial charge in [0, 0.05) is 29.5 Å². The van der Waals surface area contributed by atoms with Gasteiger partial charge in [0.25, 0.3) is 0 Å². The monoisotopic (exact) mass is 447 g/mol. The van der Waals surface area contributed by atoms with Crippen molar-refractivity contribution in [3.63, 3.8) is 0 Å². The molecule has 0 aliphatic heterocycles. The third-order valence-corrected chi connectivity index (χ3v) is 5.48. The molecule has 0 saturated heterocycles. The molecule has 0 aliphatic carbocycles. The van der Waals surface area contributed by atoms with Gasteiger partial charge in [-0.1, -0.05) is 6.92 Å². The first-order valence-electron chi connectivity index (χ1n) is 9.58. The molecule has 31 heavy (non-hydrogen) atoms. The summed E-state index contributed by atoms with van der Waals surface area (Å²) in [5.41, 5.74) is 5.92. The van der Waals surface area contributed by atoms with Gasteiger partial charge in [-0.05, 0) is 49.2 Å². The number of esters is 1. The summed E-state index contributed by atoms with van der Waals surface area (Å²) in [6, 6.07) is 9.61. The standard InChI is InChI=1S/C21H25N3O6S/c1-13(20(28)24(9-2-10-25)12-18(26)27)11-16-7-8-17(31-16)21(29)30-15-5-3-14(4-6-15)19(22)23/h3-8,13,25H,2,9-12H2,1H3,(H3,22,23)(H,26,27). The number of carboxylic acid groups (broad SMARTS) is 1. The summed E-state index contributed by atoms with van der Waals surface area (Å²) in [5, 5.41) is 25.3. The van der Waals surface area contributed by atoms with E-state index in [9.17, 15) is 14.4 Å². The van der Waals surface area contributed by atoms with E-state index in [0.29, 0.717) is 29.0 Å². The van der Waals surface area contributed by atoms with Crippen LogP contribution in [0.3, 0.4) is 0 Å². The van der Waals surface area contributed by atoms with Crippen LogP contribution in [0.25, 0.3) is 0 Å². The Morgan fingerprint density at radius 2 is 1.87 bits per heavy atom. The zero-order valence-corrected chi connectivity index (χ0v) is 17.9. The SMILES string of the molecule is CC(Cc1ccc(C(=O)Oc2ccc(C(=N)N)cc2)s1)C(=O)N(CCCO)CC(=O)O. The number of aliphatic hydroxyl groups excluding tert-OH is 1. The van der Waals surface area contributed by atoms with Crippen molar-refractivity contribution in [2.75, 3.05) is 19.7 Å². The van der Waals surface area contributed by atoms with Gasteiger partial charge in [0.2, 0.25) is 5.91 Å². The van der Waals surface area contributed by atoms with Gasteiger partial charge in [0.1, 0.15) is 23.0 Å². The van der Waals surface area contributed by atoms with E-state index in [1.165, 1.54) is 16.2 Å². The molecule has 5 N–H and O–H groups in total. The van der Waals surface area contributed by atoms with Crippen molar-refractivity contribution in [3.05, 3.63) is 51.7 Å². The lowest BCUT2D eigenvalue weighted by Gasteiger charge is -2.23. The molecule has 1 amide bonds. The number of nitrogen functional groups attached to an aromatic ring is 1. The summed E-state index contributed by atoms with van der Waals surface area (Å²) in [7, 11) is 0. The summed E-state index contributed by atoms with van der Waals surface area (Å²) >= 11 is 1.20. The number of carboxylic acids is 1. The third kappa shape index (κ3) is 7.19. The minimum atomic E-state index is -1.11. The molecule has 10 heteroatoms. The highest BCUT2D eigenvalue weighted by Gasteiger charge is 2.23. The summed E-state index contributed by atoms with van der Waals surface area (Å²) in [5.74, 6) is -2.22. The van der Waals surface area contributed by atoms with Crippen molar-refractivity contribution in [2.45, 2.75) is 19.8 Å². The number of nitrogens with zero attached hydrogens (tertiary/aromatic N) is 1. The number of hydrogen-bond acceptors (Lipinski definition) is 7. The van der Waals surface area contributed by atoms with Crippen LogP contribution in [0.15, 0.2) is 36.4 Å². The summed E-state index contributed by atoms with van der Waals surface area (Å²) in [6.07, 6.45) is 0.646. The zero-order valence-electron chi connectivity index (χ0n) is 17.0. The Kier molecular flexibility index (Phi) is 8.71. The van der Waals surface area contributed by atoms with E-state index in [4.69, 9.17) is 26.1 Å². The van der Waals surface area contributed by atoms with Crippen molar-refractivity contribution in [2.24, 2.45) is 11.7 Å². The number of benzene rings is 1. The Bertz CT molecular complexity index is 941. The lowest BCUT2D eigenvalue weighted by molar-refractivity contribution is -0.146. The van der Waals surface area contributed by atoms with Gasteiger partial charge in [-0.25, -0.2) is 4.79 Å². The first-order chi connectivity index (χ1) is 14.7. The number of hydrogen-bond donors (Lipinski definition) is 4. The van der Waals surface area contributed by atoms with Crippen LogP contribution < -0.4 is 10.5 Å². The fourth-order valence-electron chi connectivity index (χ4n) is 2.85. The molecule has 0 aliphatic rings. The first kappa shape index (κ1) is 24.0. The van der Waals surface area contributed by atoms with E-state index in [0.717, 1.165) is 4.88 Å². The smallest absolute Gasteiger partial charge is 0.353 e. The molecular weight excluding hydrogens is 422 g/mol. The number of aliphatic carboxylic acids is 1. The number of nitrogens with one attached hydrogen (secondary N) is 1. The fourth-order valence-corrected chi connectivity index (χ4v) is 3.86. The number of rotatable bonds is 11. The second-order valence-corrected chi connectivity index (χ2v) is 8.10. The average molecular weight is 448 g/mol. The number of carbonyl (C=O) groups is 3. The van der Waals surface area contributed by atoms with Crippen LogP contribution in [0.2, 0.25) is 0 Å². The molecule has 1 heterocycles. The molecule has 1 atom stereocenters. The van der Waals surface area contributed by atoms with E-state index in [-0.39, 0.29) is 24.9 Å². The van der Waals surface area contributed by atoms with Crippen molar-refractivity contribution in [3.8, 4) is 5.75 Å². The Morgan fingerprint density at radius 1 is 1.19 bits per heavy atom. The maximum atomic E-state index is 12.6. The Labute approximate surface area is 183 Å². The van der Waals surface area contributed by atoms with Gasteiger partial charge >= 0.3 is 11.9 Å². The summed E-state index contributed by atoms with van der Waals surface area (Å²) < 4.78 is 5.32. The number of amidine groups is 1. The first-order valence-corrected chi connectivity index (χ1v) is 10.4. The quantitative estimate of drug-likeness (QED) is 0.177. The predicted molar refractivity (Wildman–Crippen MR) is 116 cm³/mol. The molecule has 0 saturated carbocycles. The molecule has 1 aromatic heterocycles. The molecule has 1 unspecified atom stereocenters. The van der Waals surface area contributed by atoms with Crippen molar-refractivity contribution >= 4 is 35.0 Å². The lowest BCUT2D eigenvalue weighted by atomic mass is 10.0. The van der Waals surface area contributed by atoms with E-state index in [1.54, 1.807) is 43.3 Å². The van der Waals surface area contributed by atoms with Gasteiger partial charge in [-0.15, -0.1) is 11.3 Å². The molecule has 2 rings (SSSR count). The molecule has 0 fully saturated rings. The Balaban J connectivity index is 1.98. The second-order valence-electron chi connectivity index (χ2n) is 6.93. The van der Waals surface area contributed by atoms with Crippen molar-refractivity contribution < 1.29 is 29.3 Å². The van der Waals surface area contributed by atoms with Gasteiger partial charge < -0.3 is 25.6 Å². The molecule has 2 aromatic rings. The van der Waals surface area contributed by atoms with E-state index in [1.807, 2.05) is 0 Å². The van der Waals surface area contributed by atoms with Crippen LogP contribution in [0.4, 0.5) is 0 Å². The molecule has 0 spiro atoms. The Hall–Kier alpha value is -3.24. The number of carbonyl (C=O) groups excluding carboxylic acids is 2. The van der Waals surface area contributed by atoms with E-state index in [2.05, 4.69) is 0 Å². The fraction of sp³-hybridized carbons (Fsp3) is 0.333. The molecule has 0 bridgehead atoms. The predicted octanol–water partition coefficient (Wildman–Crippen LogP) is 1.73.